The maximum absolute atomic E-state index is 5.83. The van der Waals surface area contributed by atoms with Gasteiger partial charge < -0.3 is 13.9 Å². The molecule has 11 heteroatoms. The first kappa shape index (κ1) is 73.0. The molecule has 0 fully saturated rings. The monoisotopic (exact) mass is 1580 g/mol. The van der Waals surface area contributed by atoms with E-state index in [-0.39, 0.29) is 0 Å². The number of imidazole rings is 1. The highest BCUT2D eigenvalue weighted by Crippen LogP contribution is 2.56. The summed E-state index contributed by atoms with van der Waals surface area (Å²) in [5.74, 6) is 3.06. The minimum atomic E-state index is 0.400. The first-order chi connectivity index (χ1) is 60.8. The van der Waals surface area contributed by atoms with Crippen LogP contribution in [0.5, 0.6) is 0 Å². The van der Waals surface area contributed by atoms with E-state index in [2.05, 4.69) is 443 Å². The average Bonchev–Trinajstić information content (AvgIpc) is 1.59. The molecule has 11 nitrogen and oxygen atoms in total. The Balaban J connectivity index is 0.000000111. The van der Waals surface area contributed by atoms with Crippen LogP contribution in [-0.4, -0.2) is 34.1 Å². The molecule has 3 aliphatic rings. The van der Waals surface area contributed by atoms with Crippen LogP contribution in [-0.2, 0) is 0 Å². The number of para-hydroxylation sites is 5. The molecule has 0 spiro atoms. The van der Waals surface area contributed by atoms with Gasteiger partial charge in [0.1, 0.15) is 23.0 Å². The van der Waals surface area contributed by atoms with Crippen LogP contribution in [0.15, 0.2) is 436 Å². The fourth-order valence-electron chi connectivity index (χ4n) is 17.9. The topological polar surface area (TPSA) is 97.2 Å². The van der Waals surface area contributed by atoms with Crippen molar-refractivity contribution in [2.45, 2.75) is 19.8 Å². The highest BCUT2D eigenvalue weighted by molar-refractivity contribution is 6.09. The zero-order valence-corrected chi connectivity index (χ0v) is 67.4. The Morgan fingerprint density at radius 3 is 1.25 bits per heavy atom. The largest absolute Gasteiger partial charge is 0.443 e. The fraction of sp³-hybridized carbons (Fsp3) is 0.0268. The van der Waals surface area contributed by atoms with Crippen molar-refractivity contribution in [2.24, 2.45) is 0 Å². The molecule has 0 radical (unpaired) electrons. The van der Waals surface area contributed by atoms with Crippen molar-refractivity contribution >= 4 is 84.6 Å². The van der Waals surface area contributed by atoms with Gasteiger partial charge in [0.05, 0.1) is 61.9 Å². The van der Waals surface area contributed by atoms with Crippen molar-refractivity contribution in [1.29, 1.82) is 0 Å². The number of aromatic nitrogens is 7. The maximum Gasteiger partial charge on any atom is 0.181 e. The third kappa shape index (κ3) is 13.2. The predicted octanol–water partition coefficient (Wildman–Crippen LogP) is 29.8. The van der Waals surface area contributed by atoms with Gasteiger partial charge in [0, 0.05) is 80.7 Å². The van der Waals surface area contributed by atoms with Crippen molar-refractivity contribution in [3.05, 3.63) is 437 Å². The number of hydrogen-bond donors (Lipinski definition) is 0. The number of anilines is 9. The lowest BCUT2D eigenvalue weighted by atomic mass is 9.94. The van der Waals surface area contributed by atoms with E-state index in [1.807, 2.05) is 24.5 Å². The summed E-state index contributed by atoms with van der Waals surface area (Å²) < 4.78 is 10.3. The molecule has 0 saturated heterocycles. The second-order valence-electron chi connectivity index (χ2n) is 31.4. The van der Waals surface area contributed by atoms with Crippen molar-refractivity contribution in [1.82, 2.24) is 34.1 Å². The SMILES string of the molecule is CC(C)c1ccnc(N2c3ccccc3-c3ccccc3-c3nc4ccn(-c5ccccc5)c4cc32)c1.c1ccc(-c2cc(-c3ccccc3)cc(N3c4ccccc4-c4ccccc4-c4cc5ncoc5cc43)c2)cc1.c1ccc(-c2ccnc(N3c4ccccc4-c4ccccc4-c4cc5nc(-c6ccccc6)n(-c6ccccc6)c5cc43)c2)cc1. The smallest absolute Gasteiger partial charge is 0.181 e. The van der Waals surface area contributed by atoms with E-state index in [0.717, 1.165) is 146 Å². The average molecular weight is 1580 g/mol. The summed E-state index contributed by atoms with van der Waals surface area (Å²) in [6.45, 7) is 4.44. The summed E-state index contributed by atoms with van der Waals surface area (Å²) in [6.07, 6.45) is 7.47. The molecule has 123 heavy (non-hydrogen) atoms. The minimum absolute atomic E-state index is 0.400. The van der Waals surface area contributed by atoms with Crippen LogP contribution in [0.3, 0.4) is 0 Å². The number of benzene rings is 15. The normalized spacial score (nSPS) is 12.0. The second-order valence-corrected chi connectivity index (χ2v) is 31.4. The summed E-state index contributed by atoms with van der Waals surface area (Å²) in [6, 6.07) is 144. The Morgan fingerprint density at radius 1 is 0.260 bits per heavy atom. The molecule has 0 saturated carbocycles. The Hall–Kier alpha value is -16.4. The lowest BCUT2D eigenvalue weighted by Gasteiger charge is -2.28. The van der Waals surface area contributed by atoms with E-state index >= 15 is 0 Å². The molecular weight excluding hydrogens is 1500 g/mol. The zero-order valence-electron chi connectivity index (χ0n) is 67.4. The molecule has 0 N–H and O–H groups in total. The van der Waals surface area contributed by atoms with Gasteiger partial charge in [-0.2, -0.15) is 0 Å². The molecule has 24 rings (SSSR count). The minimum Gasteiger partial charge on any atom is -0.443 e. The summed E-state index contributed by atoms with van der Waals surface area (Å²) in [5, 5.41) is 0. The fourth-order valence-corrected chi connectivity index (χ4v) is 17.9. The van der Waals surface area contributed by atoms with Crippen LogP contribution >= 0.6 is 0 Å². The number of pyridine rings is 3. The van der Waals surface area contributed by atoms with Crippen molar-refractivity contribution in [3.8, 4) is 123 Å². The molecule has 582 valence electrons. The van der Waals surface area contributed by atoms with Gasteiger partial charge in [-0.15, -0.1) is 0 Å². The number of hydrogen-bond acceptors (Lipinski definition) is 9. The Kier molecular flexibility index (Phi) is 18.5. The van der Waals surface area contributed by atoms with Crippen LogP contribution in [0.4, 0.5) is 51.4 Å². The lowest BCUT2D eigenvalue weighted by molar-refractivity contribution is 0.602. The van der Waals surface area contributed by atoms with Crippen LogP contribution in [0.2, 0.25) is 0 Å². The Bertz CT molecular complexity index is 7490. The first-order valence-corrected chi connectivity index (χ1v) is 41.7. The van der Waals surface area contributed by atoms with E-state index in [4.69, 9.17) is 24.4 Å². The predicted molar refractivity (Wildman–Crippen MR) is 505 cm³/mol. The third-order valence-electron chi connectivity index (χ3n) is 23.7. The first-order valence-electron chi connectivity index (χ1n) is 41.7. The molecule has 0 bridgehead atoms. The quantitative estimate of drug-likeness (QED) is 0.133. The van der Waals surface area contributed by atoms with Gasteiger partial charge in [-0.05, 0) is 188 Å². The highest BCUT2D eigenvalue weighted by Gasteiger charge is 2.33. The maximum atomic E-state index is 5.83. The number of rotatable bonds is 10. The molecule has 3 aliphatic heterocycles. The van der Waals surface area contributed by atoms with Crippen LogP contribution < -0.4 is 14.7 Å². The molecule has 0 atom stereocenters. The number of fused-ring (bicyclic) bond motifs is 18. The molecule has 9 heterocycles. The van der Waals surface area contributed by atoms with E-state index in [1.165, 1.54) is 73.2 Å². The van der Waals surface area contributed by atoms with Gasteiger partial charge >= 0.3 is 0 Å². The van der Waals surface area contributed by atoms with Gasteiger partial charge in [-0.1, -0.05) is 299 Å². The molecule has 0 amide bonds. The Labute approximate surface area is 713 Å². The lowest BCUT2D eigenvalue weighted by Crippen LogP contribution is -2.13. The second kappa shape index (κ2) is 31.2. The van der Waals surface area contributed by atoms with Gasteiger partial charge in [0.15, 0.2) is 12.0 Å². The van der Waals surface area contributed by atoms with E-state index in [9.17, 15) is 0 Å². The molecule has 0 unspecified atom stereocenters. The molecular formula is C112H78N10O. The van der Waals surface area contributed by atoms with E-state index in [0.29, 0.717) is 5.92 Å². The van der Waals surface area contributed by atoms with Gasteiger partial charge in [0.25, 0.3) is 0 Å². The third-order valence-corrected chi connectivity index (χ3v) is 23.7. The van der Waals surface area contributed by atoms with E-state index in [1.54, 1.807) is 0 Å². The van der Waals surface area contributed by atoms with Crippen molar-refractivity contribution in [2.75, 3.05) is 14.7 Å². The van der Waals surface area contributed by atoms with Crippen LogP contribution in [0, 0.1) is 0 Å². The molecule has 15 aromatic carbocycles. The van der Waals surface area contributed by atoms with Crippen LogP contribution in [0.25, 0.3) is 156 Å². The number of oxazole rings is 1. The highest BCUT2D eigenvalue weighted by atomic mass is 16.3. The Morgan fingerprint density at radius 2 is 0.691 bits per heavy atom. The molecule has 21 aromatic rings. The van der Waals surface area contributed by atoms with Crippen molar-refractivity contribution < 1.29 is 4.42 Å². The summed E-state index contributed by atoms with van der Waals surface area (Å²) in [5.41, 5.74) is 38.4. The van der Waals surface area contributed by atoms with Gasteiger partial charge in [0.2, 0.25) is 0 Å². The molecule has 0 aliphatic carbocycles. The van der Waals surface area contributed by atoms with Crippen molar-refractivity contribution in [3.63, 3.8) is 0 Å². The van der Waals surface area contributed by atoms with E-state index < -0.39 is 0 Å². The summed E-state index contributed by atoms with van der Waals surface area (Å²) >= 11 is 0. The number of nitrogens with zero attached hydrogens (tertiary/aromatic N) is 10. The molecule has 6 aromatic heterocycles. The van der Waals surface area contributed by atoms with Gasteiger partial charge in [-0.3, -0.25) is 14.4 Å². The zero-order chi connectivity index (χ0) is 81.9. The summed E-state index contributed by atoms with van der Waals surface area (Å²) in [7, 11) is 0. The van der Waals surface area contributed by atoms with Gasteiger partial charge in [-0.25, -0.2) is 24.9 Å². The van der Waals surface area contributed by atoms with Crippen LogP contribution in [0.1, 0.15) is 25.3 Å². The standard InChI is InChI=1S/C42H28N4.C37H24N2O.C33H26N4/c1-4-14-29(15-5-1)31-24-25-43-41(26-31)46-38-23-13-12-22-35(38)33-20-10-11-21-34(33)36-27-37-40(28-39(36)46)45(32-18-8-3-9-19-32)42(44-37)30-16-6-2-7-17-30;1-3-11-25(12-4-1)27-19-28(26-13-5-2-6-14-26)21-29(20-27)39-35-18-10-9-17-32(35)30-15-7-8-16-31(30)33-22-34-37(23-36(33)39)40-24-38-34;1-22(2)23-16-18-34-32(20-23)37-29-15-9-8-13-26(29)25-12-6-7-14-27(25)33-31(37)21-30-28(35-33)17-19-36(30)24-10-4-3-5-11-24/h1-28H;1-24H;3-22H,1-2H3. The summed E-state index contributed by atoms with van der Waals surface area (Å²) in [4.78, 5) is 32.0.